The highest BCUT2D eigenvalue weighted by molar-refractivity contribution is 7.99. The molecular formula is C28H26FN5O4S. The molecule has 5 rings (SSSR count). The lowest BCUT2D eigenvalue weighted by Crippen LogP contribution is -2.30. The summed E-state index contributed by atoms with van der Waals surface area (Å²) in [4.78, 5) is 27.7. The summed E-state index contributed by atoms with van der Waals surface area (Å²) >= 11 is 1.24. The third-order valence-electron chi connectivity index (χ3n) is 6.35. The van der Waals surface area contributed by atoms with Crippen molar-refractivity contribution < 1.29 is 23.5 Å². The van der Waals surface area contributed by atoms with Crippen molar-refractivity contribution in [2.24, 2.45) is 0 Å². The second kappa shape index (κ2) is 11.6. The summed E-state index contributed by atoms with van der Waals surface area (Å²) in [5, 5.41) is 11.8. The van der Waals surface area contributed by atoms with E-state index in [1.807, 2.05) is 24.3 Å². The molecule has 0 bridgehead atoms. The molecule has 2 amide bonds. The molecule has 0 saturated heterocycles. The molecule has 3 aromatic carbocycles. The molecule has 0 saturated carbocycles. The molecule has 1 aliphatic heterocycles. The molecule has 9 nitrogen and oxygen atoms in total. The van der Waals surface area contributed by atoms with Gasteiger partial charge in [-0.15, -0.1) is 10.2 Å². The van der Waals surface area contributed by atoms with E-state index in [4.69, 9.17) is 9.47 Å². The van der Waals surface area contributed by atoms with E-state index in [2.05, 4.69) is 15.5 Å². The number of carbonyl (C=O) groups is 2. The maximum absolute atomic E-state index is 13.7. The number of nitrogens with zero attached hydrogens (tertiary/aromatic N) is 4. The van der Waals surface area contributed by atoms with Gasteiger partial charge < -0.3 is 19.7 Å². The first kappa shape index (κ1) is 26.2. The van der Waals surface area contributed by atoms with E-state index in [9.17, 15) is 14.0 Å². The molecule has 11 heteroatoms. The molecule has 39 heavy (non-hydrogen) atoms. The minimum Gasteiger partial charge on any atom is -0.493 e. The van der Waals surface area contributed by atoms with E-state index in [-0.39, 0.29) is 29.9 Å². The van der Waals surface area contributed by atoms with Crippen molar-refractivity contribution in [2.75, 3.05) is 31.4 Å². The summed E-state index contributed by atoms with van der Waals surface area (Å²) in [7, 11) is 3.02. The smallest absolute Gasteiger partial charge is 0.251 e. The molecule has 1 N–H and O–H groups in total. The zero-order valence-corrected chi connectivity index (χ0v) is 22.2. The van der Waals surface area contributed by atoms with Gasteiger partial charge in [0.25, 0.3) is 5.91 Å². The van der Waals surface area contributed by atoms with Gasteiger partial charge in [-0.1, -0.05) is 30.0 Å². The van der Waals surface area contributed by atoms with Crippen LogP contribution in [-0.4, -0.2) is 53.1 Å². The Bertz CT molecular complexity index is 1510. The fourth-order valence-corrected chi connectivity index (χ4v) is 5.25. The highest BCUT2D eigenvalue weighted by Crippen LogP contribution is 2.30. The van der Waals surface area contributed by atoms with Gasteiger partial charge in [-0.3, -0.25) is 14.2 Å². The monoisotopic (exact) mass is 547 g/mol. The lowest BCUT2D eigenvalue weighted by molar-refractivity contribution is -0.116. The number of thioether (sulfide) groups is 1. The molecule has 2 heterocycles. The Kier molecular flexibility index (Phi) is 7.78. The highest BCUT2D eigenvalue weighted by atomic mass is 32.2. The summed E-state index contributed by atoms with van der Waals surface area (Å²) < 4.78 is 25.9. The first-order valence-electron chi connectivity index (χ1n) is 12.2. The standard InChI is InChI=1S/C28H26FN5O4S/c1-37-23-12-7-19(15-24(23)38-2)27(36)30-16-25-31-32-28(34(25)21-10-8-20(29)9-11-21)39-17-26(35)33-14-13-18-5-3-4-6-22(18)33/h3-12,15H,13-14,16-17H2,1-2H3,(H,30,36). The predicted molar refractivity (Wildman–Crippen MR) is 145 cm³/mol. The molecule has 0 radical (unpaired) electrons. The second-order valence-corrected chi connectivity index (χ2v) is 9.62. The fourth-order valence-electron chi connectivity index (χ4n) is 4.40. The molecule has 0 atom stereocenters. The number of methoxy groups -OCH3 is 2. The lowest BCUT2D eigenvalue weighted by Gasteiger charge is -2.17. The molecule has 0 spiro atoms. The Balaban J connectivity index is 1.34. The number of fused-ring (bicyclic) bond motifs is 1. The first-order valence-corrected chi connectivity index (χ1v) is 13.2. The Morgan fingerprint density at radius 2 is 1.77 bits per heavy atom. The molecule has 1 aliphatic rings. The predicted octanol–water partition coefficient (Wildman–Crippen LogP) is 4.04. The minimum absolute atomic E-state index is 0.0399. The number of benzene rings is 3. The molecular weight excluding hydrogens is 521 g/mol. The van der Waals surface area contributed by atoms with Crippen molar-refractivity contribution in [3.8, 4) is 17.2 Å². The first-order chi connectivity index (χ1) is 19.0. The number of nitrogens with one attached hydrogen (secondary N) is 1. The number of anilines is 1. The Labute approximate surface area is 228 Å². The van der Waals surface area contributed by atoms with Crippen LogP contribution >= 0.6 is 11.8 Å². The summed E-state index contributed by atoms with van der Waals surface area (Å²) in [5.41, 5.74) is 3.07. The van der Waals surface area contributed by atoms with E-state index in [0.717, 1.165) is 17.7 Å². The molecule has 1 aromatic heterocycles. The van der Waals surface area contributed by atoms with Crippen LogP contribution in [0.2, 0.25) is 0 Å². The van der Waals surface area contributed by atoms with E-state index in [1.54, 1.807) is 39.8 Å². The number of amides is 2. The third-order valence-corrected chi connectivity index (χ3v) is 7.26. The van der Waals surface area contributed by atoms with E-state index < -0.39 is 0 Å². The molecule has 200 valence electrons. The highest BCUT2D eigenvalue weighted by Gasteiger charge is 2.25. The lowest BCUT2D eigenvalue weighted by atomic mass is 10.2. The van der Waals surface area contributed by atoms with Crippen LogP contribution in [0.5, 0.6) is 11.5 Å². The maximum atomic E-state index is 13.7. The van der Waals surface area contributed by atoms with Crippen molar-refractivity contribution in [1.82, 2.24) is 20.1 Å². The summed E-state index contributed by atoms with van der Waals surface area (Å²) in [5.74, 6) is 0.751. The van der Waals surface area contributed by atoms with Gasteiger partial charge in [-0.2, -0.15) is 0 Å². The van der Waals surface area contributed by atoms with Crippen LogP contribution in [0.15, 0.2) is 71.9 Å². The topological polar surface area (TPSA) is 98.6 Å². The Hall–Kier alpha value is -4.38. The third kappa shape index (κ3) is 5.58. The van der Waals surface area contributed by atoms with Crippen LogP contribution in [0.1, 0.15) is 21.7 Å². The van der Waals surface area contributed by atoms with Crippen molar-refractivity contribution in [3.63, 3.8) is 0 Å². The number of rotatable bonds is 9. The van der Waals surface area contributed by atoms with Crippen molar-refractivity contribution >= 4 is 29.3 Å². The van der Waals surface area contributed by atoms with Gasteiger partial charge in [0, 0.05) is 23.5 Å². The van der Waals surface area contributed by atoms with E-state index in [0.29, 0.717) is 40.3 Å². The molecule has 0 aliphatic carbocycles. The summed E-state index contributed by atoms with van der Waals surface area (Å²) in [6.07, 6.45) is 0.822. The Morgan fingerprint density at radius 1 is 1.00 bits per heavy atom. The second-order valence-electron chi connectivity index (χ2n) is 8.68. The maximum Gasteiger partial charge on any atom is 0.251 e. The zero-order valence-electron chi connectivity index (χ0n) is 21.4. The van der Waals surface area contributed by atoms with Crippen molar-refractivity contribution in [1.29, 1.82) is 0 Å². The normalized spacial score (nSPS) is 12.2. The molecule has 0 unspecified atom stereocenters. The van der Waals surface area contributed by atoms with Crippen LogP contribution in [0.25, 0.3) is 5.69 Å². The van der Waals surface area contributed by atoms with Crippen LogP contribution in [0, 0.1) is 5.82 Å². The number of para-hydroxylation sites is 1. The van der Waals surface area contributed by atoms with Gasteiger partial charge in [0.1, 0.15) is 5.82 Å². The van der Waals surface area contributed by atoms with Gasteiger partial charge in [-0.25, -0.2) is 4.39 Å². The summed E-state index contributed by atoms with van der Waals surface area (Å²) in [6.45, 7) is 0.683. The van der Waals surface area contributed by atoms with Gasteiger partial charge in [0.05, 0.1) is 26.5 Å². The number of halogens is 1. The molecule has 4 aromatic rings. The number of aromatic nitrogens is 3. The SMILES string of the molecule is COc1ccc(C(=O)NCc2nnc(SCC(=O)N3CCc4ccccc43)n2-c2ccc(F)cc2)cc1OC. The van der Waals surface area contributed by atoms with Crippen molar-refractivity contribution in [2.45, 2.75) is 18.1 Å². The van der Waals surface area contributed by atoms with Gasteiger partial charge >= 0.3 is 0 Å². The molecule has 0 fully saturated rings. The van der Waals surface area contributed by atoms with Gasteiger partial charge in [0.15, 0.2) is 22.5 Å². The number of hydrogen-bond acceptors (Lipinski definition) is 7. The fraction of sp³-hybridized carbons (Fsp3) is 0.214. The largest absolute Gasteiger partial charge is 0.493 e. The number of carbonyl (C=O) groups excluding carboxylic acids is 2. The average molecular weight is 548 g/mol. The minimum atomic E-state index is -0.382. The quantitative estimate of drug-likeness (QED) is 0.316. The Morgan fingerprint density at radius 3 is 2.54 bits per heavy atom. The number of ether oxygens (including phenoxy) is 2. The van der Waals surface area contributed by atoms with Crippen LogP contribution in [0.3, 0.4) is 0 Å². The van der Waals surface area contributed by atoms with E-state index >= 15 is 0 Å². The van der Waals surface area contributed by atoms with Crippen LogP contribution < -0.4 is 19.7 Å². The summed E-state index contributed by atoms with van der Waals surface area (Å²) in [6, 6.07) is 18.6. The van der Waals surface area contributed by atoms with Gasteiger partial charge in [0.2, 0.25) is 5.91 Å². The van der Waals surface area contributed by atoms with Crippen LogP contribution in [-0.2, 0) is 17.8 Å². The van der Waals surface area contributed by atoms with E-state index in [1.165, 1.54) is 38.1 Å². The average Bonchev–Trinajstić information content (AvgIpc) is 3.59. The zero-order chi connectivity index (χ0) is 27.4. The van der Waals surface area contributed by atoms with Crippen molar-refractivity contribution in [3.05, 3.63) is 89.5 Å². The van der Waals surface area contributed by atoms with Crippen LogP contribution in [0.4, 0.5) is 10.1 Å². The van der Waals surface area contributed by atoms with Gasteiger partial charge in [-0.05, 0) is 60.5 Å². The number of hydrogen-bond donors (Lipinski definition) is 1.